The lowest BCUT2D eigenvalue weighted by Gasteiger charge is -2.12. The van der Waals surface area contributed by atoms with Crippen molar-refractivity contribution in [2.24, 2.45) is 11.8 Å². The first-order chi connectivity index (χ1) is 6.02. The van der Waals surface area contributed by atoms with Gasteiger partial charge in [0.1, 0.15) is 0 Å². The van der Waals surface area contributed by atoms with Crippen LogP contribution in [0.4, 0.5) is 0 Å². The van der Waals surface area contributed by atoms with E-state index in [4.69, 9.17) is 0 Å². The van der Waals surface area contributed by atoms with Gasteiger partial charge in [-0.05, 0) is 44.7 Å². The maximum atomic E-state index is 3.93. The lowest BCUT2D eigenvalue weighted by molar-refractivity contribution is 0.473. The summed E-state index contributed by atoms with van der Waals surface area (Å²) in [6, 6.07) is 0. The van der Waals surface area contributed by atoms with Crippen molar-refractivity contribution in [3.05, 3.63) is 12.2 Å². The Labute approximate surface area is 83.6 Å². The molecule has 0 radical (unpaired) electrons. The van der Waals surface area contributed by atoms with Crippen LogP contribution in [0.1, 0.15) is 40.5 Å². The van der Waals surface area contributed by atoms with Crippen LogP contribution in [-0.4, -0.2) is 13.1 Å². The Morgan fingerprint density at radius 2 is 1.92 bits per heavy atom. The van der Waals surface area contributed by atoms with Gasteiger partial charge in [-0.2, -0.15) is 0 Å². The molecule has 0 aromatic carbocycles. The highest BCUT2D eigenvalue weighted by molar-refractivity contribution is 4.89. The summed E-state index contributed by atoms with van der Waals surface area (Å²) in [5.74, 6) is 1.54. The second kappa shape index (κ2) is 7.14. The second-order valence-electron chi connectivity index (χ2n) is 4.65. The highest BCUT2D eigenvalue weighted by Gasteiger charge is 2.01. The smallest absolute Gasteiger partial charge is 0.00258 e. The van der Waals surface area contributed by atoms with Crippen LogP contribution in [0.25, 0.3) is 0 Å². The molecule has 1 unspecified atom stereocenters. The summed E-state index contributed by atoms with van der Waals surface area (Å²) in [6.45, 7) is 15.1. The van der Waals surface area contributed by atoms with Gasteiger partial charge in [-0.25, -0.2) is 0 Å². The molecule has 0 spiro atoms. The summed E-state index contributed by atoms with van der Waals surface area (Å²) in [6.07, 6.45) is 2.43. The Morgan fingerprint density at radius 1 is 1.31 bits per heavy atom. The standard InChI is InChI=1S/C12H25N/c1-10(2)8-12(5)6-7-13-9-11(3)4/h11-13H,1,6-9H2,2-5H3. The molecule has 0 saturated carbocycles. The number of rotatable bonds is 7. The predicted molar refractivity (Wildman–Crippen MR) is 60.9 cm³/mol. The number of allylic oxidation sites excluding steroid dienone is 1. The molecule has 0 saturated heterocycles. The summed E-state index contributed by atoms with van der Waals surface area (Å²) in [5.41, 5.74) is 1.30. The number of hydrogen-bond acceptors (Lipinski definition) is 1. The predicted octanol–water partition coefficient (Wildman–Crippen LogP) is 3.22. The van der Waals surface area contributed by atoms with Crippen molar-refractivity contribution in [1.82, 2.24) is 5.32 Å². The lowest BCUT2D eigenvalue weighted by atomic mass is 10.00. The molecule has 0 amide bonds. The minimum absolute atomic E-state index is 0.761. The summed E-state index contributed by atoms with van der Waals surface area (Å²) in [4.78, 5) is 0. The highest BCUT2D eigenvalue weighted by Crippen LogP contribution is 2.11. The van der Waals surface area contributed by atoms with Crippen LogP contribution in [-0.2, 0) is 0 Å². The van der Waals surface area contributed by atoms with E-state index in [1.807, 2.05) is 0 Å². The van der Waals surface area contributed by atoms with E-state index in [1.165, 1.54) is 18.4 Å². The molecule has 1 atom stereocenters. The molecule has 78 valence electrons. The van der Waals surface area contributed by atoms with Gasteiger partial charge < -0.3 is 5.32 Å². The van der Waals surface area contributed by atoms with E-state index < -0.39 is 0 Å². The van der Waals surface area contributed by atoms with Crippen LogP contribution in [0, 0.1) is 11.8 Å². The van der Waals surface area contributed by atoms with Gasteiger partial charge in [0.25, 0.3) is 0 Å². The van der Waals surface area contributed by atoms with Crippen molar-refractivity contribution in [3.63, 3.8) is 0 Å². The van der Waals surface area contributed by atoms with E-state index in [0.717, 1.165) is 24.9 Å². The molecule has 0 aliphatic carbocycles. The molecule has 0 rings (SSSR count). The van der Waals surface area contributed by atoms with Crippen LogP contribution >= 0.6 is 0 Å². The van der Waals surface area contributed by atoms with Gasteiger partial charge in [0.2, 0.25) is 0 Å². The zero-order valence-electron chi connectivity index (χ0n) is 9.69. The minimum Gasteiger partial charge on any atom is -0.316 e. The van der Waals surface area contributed by atoms with Crippen molar-refractivity contribution in [2.75, 3.05) is 13.1 Å². The van der Waals surface area contributed by atoms with Crippen LogP contribution in [0.3, 0.4) is 0 Å². The third-order valence-electron chi connectivity index (χ3n) is 2.06. The largest absolute Gasteiger partial charge is 0.316 e. The van der Waals surface area contributed by atoms with Crippen LogP contribution < -0.4 is 5.32 Å². The molecule has 1 nitrogen and oxygen atoms in total. The molecular weight excluding hydrogens is 158 g/mol. The van der Waals surface area contributed by atoms with E-state index in [-0.39, 0.29) is 0 Å². The van der Waals surface area contributed by atoms with Gasteiger partial charge >= 0.3 is 0 Å². The Hall–Kier alpha value is -0.300. The van der Waals surface area contributed by atoms with Gasteiger partial charge in [-0.3, -0.25) is 0 Å². The monoisotopic (exact) mass is 183 g/mol. The molecule has 0 aromatic heterocycles. The van der Waals surface area contributed by atoms with E-state index >= 15 is 0 Å². The maximum absolute atomic E-state index is 3.93. The molecule has 1 N–H and O–H groups in total. The second-order valence-corrected chi connectivity index (χ2v) is 4.65. The molecule has 0 aliphatic heterocycles. The summed E-state index contributed by atoms with van der Waals surface area (Å²) >= 11 is 0. The molecule has 0 fully saturated rings. The minimum atomic E-state index is 0.761. The van der Waals surface area contributed by atoms with Gasteiger partial charge in [0, 0.05) is 0 Å². The quantitative estimate of drug-likeness (QED) is 0.472. The van der Waals surface area contributed by atoms with Crippen molar-refractivity contribution in [3.8, 4) is 0 Å². The van der Waals surface area contributed by atoms with Crippen LogP contribution in [0.2, 0.25) is 0 Å². The molecule has 0 aliphatic rings. The van der Waals surface area contributed by atoms with Crippen molar-refractivity contribution >= 4 is 0 Å². The summed E-state index contributed by atoms with van der Waals surface area (Å²) < 4.78 is 0. The molecule has 0 heterocycles. The van der Waals surface area contributed by atoms with Crippen LogP contribution in [0.15, 0.2) is 12.2 Å². The van der Waals surface area contributed by atoms with E-state index in [9.17, 15) is 0 Å². The summed E-state index contributed by atoms with van der Waals surface area (Å²) in [5, 5.41) is 3.46. The van der Waals surface area contributed by atoms with Crippen molar-refractivity contribution < 1.29 is 0 Å². The maximum Gasteiger partial charge on any atom is -0.00258 e. The first-order valence-corrected chi connectivity index (χ1v) is 5.37. The first kappa shape index (κ1) is 12.7. The third kappa shape index (κ3) is 9.62. The molecule has 1 heteroatoms. The highest BCUT2D eigenvalue weighted by atomic mass is 14.8. The average molecular weight is 183 g/mol. The fraction of sp³-hybridized carbons (Fsp3) is 0.833. The zero-order chi connectivity index (χ0) is 10.3. The summed E-state index contributed by atoms with van der Waals surface area (Å²) in [7, 11) is 0. The molecule has 13 heavy (non-hydrogen) atoms. The first-order valence-electron chi connectivity index (χ1n) is 5.37. The van der Waals surface area contributed by atoms with Crippen molar-refractivity contribution in [2.45, 2.75) is 40.5 Å². The number of nitrogens with one attached hydrogen (secondary N) is 1. The van der Waals surface area contributed by atoms with Gasteiger partial charge in [-0.1, -0.05) is 26.3 Å². The number of hydrogen-bond donors (Lipinski definition) is 1. The fourth-order valence-corrected chi connectivity index (χ4v) is 1.44. The SMILES string of the molecule is C=C(C)CC(C)CCNCC(C)C. The van der Waals surface area contributed by atoms with Gasteiger partial charge in [0.15, 0.2) is 0 Å². The Morgan fingerprint density at radius 3 is 2.38 bits per heavy atom. The van der Waals surface area contributed by atoms with Crippen molar-refractivity contribution in [1.29, 1.82) is 0 Å². The topological polar surface area (TPSA) is 12.0 Å². The lowest BCUT2D eigenvalue weighted by Crippen LogP contribution is -2.22. The average Bonchev–Trinajstić information content (AvgIpc) is 1.96. The molecule has 0 bridgehead atoms. The zero-order valence-corrected chi connectivity index (χ0v) is 9.69. The normalized spacial score (nSPS) is 13.3. The Bertz CT molecular complexity index is 138. The van der Waals surface area contributed by atoms with Crippen LogP contribution in [0.5, 0.6) is 0 Å². The van der Waals surface area contributed by atoms with Gasteiger partial charge in [-0.15, -0.1) is 6.58 Å². The Balaban J connectivity index is 3.26. The third-order valence-corrected chi connectivity index (χ3v) is 2.06. The van der Waals surface area contributed by atoms with E-state index in [0.29, 0.717) is 0 Å². The molecular formula is C12H25N. The molecule has 0 aromatic rings. The van der Waals surface area contributed by atoms with E-state index in [2.05, 4.69) is 39.6 Å². The van der Waals surface area contributed by atoms with E-state index in [1.54, 1.807) is 0 Å². The van der Waals surface area contributed by atoms with Gasteiger partial charge in [0.05, 0.1) is 0 Å². The Kier molecular flexibility index (Phi) is 6.97. The fourth-order valence-electron chi connectivity index (χ4n) is 1.44.